The number of nitrogens with one attached hydrogen (secondary N) is 1. The average molecular weight is 273 g/mol. The summed E-state index contributed by atoms with van der Waals surface area (Å²) in [6.45, 7) is 4.97. The Kier molecular flexibility index (Phi) is 4.63. The third-order valence-electron chi connectivity index (χ3n) is 4.15. The Bertz CT molecular complexity index is 582. The summed E-state index contributed by atoms with van der Waals surface area (Å²) < 4.78 is 0. The fraction of sp³-hybridized carbons (Fsp3) is 0.412. The number of phenols is 1. The molecule has 20 heavy (non-hydrogen) atoms. The molecule has 3 nitrogen and oxygen atoms in total. The maximum Gasteiger partial charge on any atom is 0.120 e. The highest BCUT2D eigenvalue weighted by atomic mass is 16.3. The molecule has 3 N–H and O–H groups in total. The van der Waals surface area contributed by atoms with Crippen LogP contribution in [0.3, 0.4) is 0 Å². The molecule has 0 saturated carbocycles. The molecule has 0 saturated heterocycles. The van der Waals surface area contributed by atoms with Gasteiger partial charge in [-0.1, -0.05) is 37.3 Å². The smallest absolute Gasteiger partial charge is 0.120 e. The molecule has 2 aromatic carbocycles. The van der Waals surface area contributed by atoms with Crippen molar-refractivity contribution in [1.29, 1.82) is 0 Å². The summed E-state index contributed by atoms with van der Waals surface area (Å²) in [5.41, 5.74) is 0.804. The largest absolute Gasteiger partial charge is 0.508 e. The van der Waals surface area contributed by atoms with Gasteiger partial charge in [-0.05, 0) is 36.6 Å². The highest BCUT2D eigenvalue weighted by Gasteiger charge is 2.21. The molecule has 108 valence electrons. The minimum atomic E-state index is -0.113. The van der Waals surface area contributed by atoms with E-state index in [1.807, 2.05) is 30.3 Å². The van der Waals surface area contributed by atoms with E-state index in [9.17, 15) is 5.11 Å². The van der Waals surface area contributed by atoms with E-state index in [-0.39, 0.29) is 12.1 Å². The average Bonchev–Trinajstić information content (AvgIpc) is 2.46. The Morgan fingerprint density at radius 1 is 1.15 bits per heavy atom. The third-order valence-corrected chi connectivity index (χ3v) is 4.15. The molecule has 0 amide bonds. The summed E-state index contributed by atoms with van der Waals surface area (Å²) in [4.78, 5) is 0. The molecule has 0 aliphatic carbocycles. The number of hydrogen-bond donors (Lipinski definition) is 3. The molecule has 0 fully saturated rings. The van der Waals surface area contributed by atoms with Crippen molar-refractivity contribution in [3.05, 3.63) is 42.0 Å². The Morgan fingerprint density at radius 2 is 1.90 bits per heavy atom. The van der Waals surface area contributed by atoms with Crippen LogP contribution in [0.1, 0.15) is 32.3 Å². The molecule has 3 heteroatoms. The number of aromatic hydroxyl groups is 1. The number of aliphatic hydroxyl groups excluding tert-OH is 1. The van der Waals surface area contributed by atoms with Crippen molar-refractivity contribution < 1.29 is 10.2 Å². The highest BCUT2D eigenvalue weighted by molar-refractivity contribution is 5.87. The number of fused-ring (bicyclic) bond motifs is 1. The minimum Gasteiger partial charge on any atom is -0.508 e. The lowest BCUT2D eigenvalue weighted by atomic mass is 9.94. The first-order valence-electron chi connectivity index (χ1n) is 7.15. The predicted molar refractivity (Wildman–Crippen MR) is 82.9 cm³/mol. The molecule has 0 aliphatic rings. The van der Waals surface area contributed by atoms with Crippen LogP contribution in [0.2, 0.25) is 0 Å². The van der Waals surface area contributed by atoms with Gasteiger partial charge >= 0.3 is 0 Å². The van der Waals surface area contributed by atoms with E-state index in [2.05, 4.69) is 19.2 Å². The fourth-order valence-corrected chi connectivity index (χ4v) is 2.45. The van der Waals surface area contributed by atoms with Crippen molar-refractivity contribution >= 4 is 10.8 Å². The Hall–Kier alpha value is -1.58. The molecular formula is C17H23NO2. The summed E-state index contributed by atoms with van der Waals surface area (Å²) in [7, 11) is 0. The first kappa shape index (κ1) is 14.8. The molecular weight excluding hydrogens is 250 g/mol. The first-order chi connectivity index (χ1) is 9.59. The van der Waals surface area contributed by atoms with Gasteiger partial charge in [0.15, 0.2) is 0 Å². The van der Waals surface area contributed by atoms with Crippen LogP contribution >= 0.6 is 0 Å². The standard InChI is InChI=1S/C17H23NO2/c1-3-17(2,10-11-19)18-12-15-14-7-5-4-6-13(14)8-9-16(15)20/h4-9,18-20H,3,10-12H2,1-2H3. The zero-order chi connectivity index (χ0) is 14.6. The molecule has 2 rings (SSSR count). The molecule has 0 heterocycles. The second-order valence-electron chi connectivity index (χ2n) is 5.53. The van der Waals surface area contributed by atoms with E-state index in [4.69, 9.17) is 5.11 Å². The van der Waals surface area contributed by atoms with E-state index in [1.165, 1.54) is 0 Å². The summed E-state index contributed by atoms with van der Waals surface area (Å²) >= 11 is 0. The van der Waals surface area contributed by atoms with Gasteiger partial charge in [-0.2, -0.15) is 0 Å². The molecule has 0 bridgehead atoms. The van der Waals surface area contributed by atoms with Gasteiger partial charge in [-0.25, -0.2) is 0 Å². The van der Waals surface area contributed by atoms with E-state index in [0.717, 1.165) is 22.8 Å². The van der Waals surface area contributed by atoms with Crippen LogP contribution in [0.5, 0.6) is 5.75 Å². The number of benzene rings is 2. The van der Waals surface area contributed by atoms with Crippen LogP contribution in [0.15, 0.2) is 36.4 Å². The lowest BCUT2D eigenvalue weighted by molar-refractivity contribution is 0.214. The lowest BCUT2D eigenvalue weighted by Gasteiger charge is -2.29. The van der Waals surface area contributed by atoms with Crippen molar-refractivity contribution in [2.24, 2.45) is 0 Å². The molecule has 2 aromatic rings. The zero-order valence-corrected chi connectivity index (χ0v) is 12.2. The van der Waals surface area contributed by atoms with Crippen LogP contribution in [0.4, 0.5) is 0 Å². The topological polar surface area (TPSA) is 52.5 Å². The van der Waals surface area contributed by atoms with Crippen molar-refractivity contribution in [3.63, 3.8) is 0 Å². The third kappa shape index (κ3) is 3.11. The predicted octanol–water partition coefficient (Wildman–Crippen LogP) is 3.19. The SMILES string of the molecule is CCC(C)(CCO)NCc1c(O)ccc2ccccc12. The van der Waals surface area contributed by atoms with Gasteiger partial charge in [0.1, 0.15) is 5.75 Å². The molecule has 1 unspecified atom stereocenters. The Morgan fingerprint density at radius 3 is 2.60 bits per heavy atom. The highest BCUT2D eigenvalue weighted by Crippen LogP contribution is 2.28. The van der Waals surface area contributed by atoms with Gasteiger partial charge in [0, 0.05) is 24.3 Å². The monoisotopic (exact) mass is 273 g/mol. The quantitative estimate of drug-likeness (QED) is 0.757. The molecule has 0 radical (unpaired) electrons. The van der Waals surface area contributed by atoms with Crippen LogP contribution in [0.25, 0.3) is 10.8 Å². The maximum atomic E-state index is 10.1. The van der Waals surface area contributed by atoms with Gasteiger partial charge < -0.3 is 15.5 Å². The molecule has 0 spiro atoms. The van der Waals surface area contributed by atoms with Gasteiger partial charge in [0.05, 0.1) is 0 Å². The maximum absolute atomic E-state index is 10.1. The van der Waals surface area contributed by atoms with E-state index in [1.54, 1.807) is 6.07 Å². The van der Waals surface area contributed by atoms with E-state index >= 15 is 0 Å². The van der Waals surface area contributed by atoms with Gasteiger partial charge in [0.2, 0.25) is 0 Å². The second-order valence-corrected chi connectivity index (χ2v) is 5.53. The van der Waals surface area contributed by atoms with Crippen molar-refractivity contribution in [2.75, 3.05) is 6.61 Å². The van der Waals surface area contributed by atoms with E-state index < -0.39 is 0 Å². The lowest BCUT2D eigenvalue weighted by Crippen LogP contribution is -2.42. The van der Waals surface area contributed by atoms with Crippen LogP contribution in [-0.4, -0.2) is 22.4 Å². The first-order valence-corrected chi connectivity index (χ1v) is 7.15. The molecule has 0 aliphatic heterocycles. The Balaban J connectivity index is 2.27. The zero-order valence-electron chi connectivity index (χ0n) is 12.2. The van der Waals surface area contributed by atoms with Gasteiger partial charge in [-0.3, -0.25) is 0 Å². The molecule has 0 aromatic heterocycles. The minimum absolute atomic E-state index is 0.113. The fourth-order valence-electron chi connectivity index (χ4n) is 2.45. The van der Waals surface area contributed by atoms with Gasteiger partial charge in [-0.15, -0.1) is 0 Å². The summed E-state index contributed by atoms with van der Waals surface area (Å²) in [5, 5.41) is 25.0. The number of hydrogen-bond acceptors (Lipinski definition) is 3. The summed E-state index contributed by atoms with van der Waals surface area (Å²) in [6, 6.07) is 11.7. The van der Waals surface area contributed by atoms with Crippen molar-refractivity contribution in [1.82, 2.24) is 5.32 Å². The van der Waals surface area contributed by atoms with Crippen molar-refractivity contribution in [2.45, 2.75) is 38.8 Å². The summed E-state index contributed by atoms with van der Waals surface area (Å²) in [6.07, 6.45) is 1.63. The second kappa shape index (κ2) is 6.25. The van der Waals surface area contributed by atoms with E-state index in [0.29, 0.717) is 18.7 Å². The number of phenolic OH excluding ortho intramolecular Hbond substituents is 1. The number of aliphatic hydroxyl groups is 1. The Labute approximate surface area is 120 Å². The van der Waals surface area contributed by atoms with Gasteiger partial charge in [0.25, 0.3) is 0 Å². The van der Waals surface area contributed by atoms with Crippen LogP contribution in [0, 0.1) is 0 Å². The molecule has 1 atom stereocenters. The van der Waals surface area contributed by atoms with Crippen LogP contribution in [-0.2, 0) is 6.54 Å². The number of rotatable bonds is 6. The summed E-state index contributed by atoms with van der Waals surface area (Å²) in [5.74, 6) is 0.318. The normalized spacial score (nSPS) is 14.3. The van der Waals surface area contributed by atoms with Crippen molar-refractivity contribution in [3.8, 4) is 5.75 Å². The van der Waals surface area contributed by atoms with Crippen LogP contribution < -0.4 is 5.32 Å².